The maximum Gasteiger partial charge on any atom is 0.340 e. The van der Waals surface area contributed by atoms with Crippen molar-refractivity contribution in [2.45, 2.75) is 26.2 Å². The molecule has 1 aromatic carbocycles. The standard InChI is InChI=1S/C12H15Cl2NO2/c1-2-3-4-5-17-12(16)9-6-8(13)7-10(14)11(9)15/h6-7H,2-5,15H2,1H3. The third-order valence-electron chi connectivity index (χ3n) is 2.30. The highest BCUT2D eigenvalue weighted by Crippen LogP contribution is 2.28. The Morgan fingerprint density at radius 2 is 2.06 bits per heavy atom. The van der Waals surface area contributed by atoms with Crippen LogP contribution in [0.2, 0.25) is 10.0 Å². The lowest BCUT2D eigenvalue weighted by atomic mass is 10.2. The summed E-state index contributed by atoms with van der Waals surface area (Å²) in [5.41, 5.74) is 6.12. The minimum absolute atomic E-state index is 0.205. The summed E-state index contributed by atoms with van der Waals surface area (Å²) < 4.78 is 5.08. The Morgan fingerprint density at radius 1 is 1.35 bits per heavy atom. The maximum atomic E-state index is 11.7. The van der Waals surface area contributed by atoms with Crippen molar-refractivity contribution in [3.05, 3.63) is 27.7 Å². The van der Waals surface area contributed by atoms with Gasteiger partial charge in [0.05, 0.1) is 22.9 Å². The monoisotopic (exact) mass is 275 g/mol. The van der Waals surface area contributed by atoms with Crippen LogP contribution in [0.1, 0.15) is 36.5 Å². The Labute approximate surface area is 111 Å². The number of unbranched alkanes of at least 4 members (excludes halogenated alkanes) is 2. The summed E-state index contributed by atoms with van der Waals surface area (Å²) in [4.78, 5) is 11.7. The quantitative estimate of drug-likeness (QED) is 0.503. The van der Waals surface area contributed by atoms with Crippen LogP contribution >= 0.6 is 23.2 Å². The predicted octanol–water partition coefficient (Wildman–Crippen LogP) is 3.92. The van der Waals surface area contributed by atoms with E-state index in [4.69, 9.17) is 33.7 Å². The minimum atomic E-state index is -0.483. The van der Waals surface area contributed by atoms with Gasteiger partial charge in [0.15, 0.2) is 0 Å². The molecule has 3 nitrogen and oxygen atoms in total. The second-order valence-electron chi connectivity index (χ2n) is 3.69. The minimum Gasteiger partial charge on any atom is -0.462 e. The smallest absolute Gasteiger partial charge is 0.340 e. The van der Waals surface area contributed by atoms with Gasteiger partial charge in [0, 0.05) is 5.02 Å². The van der Waals surface area contributed by atoms with Gasteiger partial charge >= 0.3 is 5.97 Å². The predicted molar refractivity (Wildman–Crippen MR) is 70.7 cm³/mol. The summed E-state index contributed by atoms with van der Waals surface area (Å²) in [6, 6.07) is 2.96. The van der Waals surface area contributed by atoms with E-state index in [1.165, 1.54) is 12.1 Å². The van der Waals surface area contributed by atoms with Gasteiger partial charge in [-0.25, -0.2) is 4.79 Å². The molecule has 0 saturated heterocycles. The van der Waals surface area contributed by atoms with Crippen molar-refractivity contribution >= 4 is 34.9 Å². The van der Waals surface area contributed by atoms with Crippen LogP contribution in [0.15, 0.2) is 12.1 Å². The lowest BCUT2D eigenvalue weighted by molar-refractivity contribution is 0.0499. The van der Waals surface area contributed by atoms with Gasteiger partial charge in [-0.05, 0) is 18.6 Å². The van der Waals surface area contributed by atoms with Crippen molar-refractivity contribution in [3.8, 4) is 0 Å². The lowest BCUT2D eigenvalue weighted by Gasteiger charge is -2.08. The Hall–Kier alpha value is -0.930. The molecule has 0 saturated carbocycles. The van der Waals surface area contributed by atoms with Gasteiger partial charge in [0.25, 0.3) is 0 Å². The summed E-state index contributed by atoms with van der Waals surface area (Å²) in [5, 5.41) is 0.628. The molecule has 1 rings (SSSR count). The van der Waals surface area contributed by atoms with Crippen LogP contribution in [0.25, 0.3) is 0 Å². The molecule has 1 aromatic rings. The normalized spacial score (nSPS) is 10.3. The molecule has 0 aliphatic rings. The van der Waals surface area contributed by atoms with Crippen molar-refractivity contribution in [1.82, 2.24) is 0 Å². The second kappa shape index (κ2) is 6.72. The number of benzene rings is 1. The number of hydrogen-bond donors (Lipinski definition) is 1. The largest absolute Gasteiger partial charge is 0.462 e. The van der Waals surface area contributed by atoms with E-state index < -0.39 is 5.97 Å². The molecule has 0 spiro atoms. The van der Waals surface area contributed by atoms with Crippen LogP contribution in [0.4, 0.5) is 5.69 Å². The number of halogens is 2. The zero-order valence-electron chi connectivity index (χ0n) is 9.63. The van der Waals surface area contributed by atoms with Crippen molar-refractivity contribution in [1.29, 1.82) is 0 Å². The van der Waals surface area contributed by atoms with Crippen molar-refractivity contribution < 1.29 is 9.53 Å². The van der Waals surface area contributed by atoms with Crippen molar-refractivity contribution in [2.75, 3.05) is 12.3 Å². The fourth-order valence-electron chi connectivity index (χ4n) is 1.35. The summed E-state index contributed by atoms with van der Waals surface area (Å²) in [6.45, 7) is 2.47. The fraction of sp³-hybridized carbons (Fsp3) is 0.417. The molecule has 0 radical (unpaired) electrons. The van der Waals surface area contributed by atoms with Gasteiger partial charge in [-0.1, -0.05) is 43.0 Å². The van der Waals surface area contributed by atoms with Gasteiger partial charge < -0.3 is 10.5 Å². The molecule has 5 heteroatoms. The molecule has 0 unspecified atom stereocenters. The highest BCUT2D eigenvalue weighted by Gasteiger charge is 2.14. The van der Waals surface area contributed by atoms with E-state index in [0.717, 1.165) is 19.3 Å². The van der Waals surface area contributed by atoms with Crippen molar-refractivity contribution in [2.24, 2.45) is 0 Å². The number of carbonyl (C=O) groups excluding carboxylic acids is 1. The van der Waals surface area contributed by atoms with Gasteiger partial charge in [0.2, 0.25) is 0 Å². The lowest BCUT2D eigenvalue weighted by Crippen LogP contribution is -2.09. The van der Waals surface area contributed by atoms with E-state index in [1.807, 2.05) is 0 Å². The molecule has 0 atom stereocenters. The average molecular weight is 276 g/mol. The van der Waals surface area contributed by atoms with E-state index in [1.54, 1.807) is 0 Å². The van der Waals surface area contributed by atoms with E-state index in [-0.39, 0.29) is 16.3 Å². The average Bonchev–Trinajstić information content (AvgIpc) is 2.29. The zero-order valence-corrected chi connectivity index (χ0v) is 11.1. The third-order valence-corrected chi connectivity index (χ3v) is 2.83. The molecule has 0 heterocycles. The van der Waals surface area contributed by atoms with Gasteiger partial charge in [0.1, 0.15) is 0 Å². The Kier molecular flexibility index (Phi) is 5.59. The second-order valence-corrected chi connectivity index (χ2v) is 4.54. The molecule has 2 N–H and O–H groups in total. The summed E-state index contributed by atoms with van der Waals surface area (Å²) in [6.07, 6.45) is 2.94. The summed E-state index contributed by atoms with van der Waals surface area (Å²) >= 11 is 11.6. The number of hydrogen-bond acceptors (Lipinski definition) is 3. The van der Waals surface area contributed by atoms with E-state index in [2.05, 4.69) is 6.92 Å². The first-order valence-electron chi connectivity index (χ1n) is 5.48. The molecular formula is C12H15Cl2NO2. The molecule has 94 valence electrons. The van der Waals surface area contributed by atoms with E-state index in [9.17, 15) is 4.79 Å². The van der Waals surface area contributed by atoms with Crippen LogP contribution in [-0.2, 0) is 4.74 Å². The van der Waals surface area contributed by atoms with Crippen molar-refractivity contribution in [3.63, 3.8) is 0 Å². The molecule has 17 heavy (non-hydrogen) atoms. The van der Waals surface area contributed by atoms with Crippen LogP contribution in [0, 0.1) is 0 Å². The Bertz CT molecular complexity index is 408. The highest BCUT2D eigenvalue weighted by molar-refractivity contribution is 6.37. The topological polar surface area (TPSA) is 52.3 Å². The first kappa shape index (κ1) is 14.1. The van der Waals surface area contributed by atoms with E-state index >= 15 is 0 Å². The molecule has 0 aliphatic carbocycles. The third kappa shape index (κ3) is 4.10. The number of ether oxygens (including phenoxy) is 1. The number of carbonyl (C=O) groups is 1. The SMILES string of the molecule is CCCCCOC(=O)c1cc(Cl)cc(Cl)c1N. The number of nitrogens with two attached hydrogens (primary N) is 1. The van der Waals surface area contributed by atoms with E-state index in [0.29, 0.717) is 11.6 Å². The van der Waals surface area contributed by atoms with Gasteiger partial charge in [-0.2, -0.15) is 0 Å². The number of esters is 1. The number of rotatable bonds is 5. The Morgan fingerprint density at radius 3 is 2.71 bits per heavy atom. The van der Waals surface area contributed by atoms with Crippen LogP contribution < -0.4 is 5.73 Å². The first-order chi connectivity index (χ1) is 8.06. The molecule has 0 fully saturated rings. The first-order valence-corrected chi connectivity index (χ1v) is 6.23. The molecule has 0 bridgehead atoms. The molecule has 0 aliphatic heterocycles. The number of nitrogen functional groups attached to an aromatic ring is 1. The highest BCUT2D eigenvalue weighted by atomic mass is 35.5. The van der Waals surface area contributed by atoms with Crippen LogP contribution in [0.3, 0.4) is 0 Å². The molecule has 0 aromatic heterocycles. The maximum absolute atomic E-state index is 11.7. The summed E-state index contributed by atoms with van der Waals surface area (Å²) in [5.74, 6) is -0.483. The molecular weight excluding hydrogens is 261 g/mol. The fourth-order valence-corrected chi connectivity index (χ4v) is 1.84. The zero-order chi connectivity index (χ0) is 12.8. The van der Waals surface area contributed by atoms with Gasteiger partial charge in [-0.15, -0.1) is 0 Å². The van der Waals surface area contributed by atoms with Crippen LogP contribution in [-0.4, -0.2) is 12.6 Å². The number of anilines is 1. The van der Waals surface area contributed by atoms with Crippen LogP contribution in [0.5, 0.6) is 0 Å². The Balaban J connectivity index is 2.69. The molecule has 0 amide bonds. The van der Waals surface area contributed by atoms with Gasteiger partial charge in [-0.3, -0.25) is 0 Å². The summed E-state index contributed by atoms with van der Waals surface area (Å²) in [7, 11) is 0.